The van der Waals surface area contributed by atoms with Gasteiger partial charge in [-0.05, 0) is 43.5 Å². The Morgan fingerprint density at radius 2 is 1.79 bits per heavy atom. The quantitative estimate of drug-likeness (QED) is 0.608. The molecular formula is C21H27BN2O4. The number of aryl methyl sites for hydroxylation is 2. The van der Waals surface area contributed by atoms with Crippen molar-refractivity contribution >= 4 is 24.6 Å². The lowest BCUT2D eigenvalue weighted by Crippen LogP contribution is -2.51. The minimum atomic E-state index is -1.71. The van der Waals surface area contributed by atoms with Crippen LogP contribution < -0.4 is 10.2 Å². The van der Waals surface area contributed by atoms with Crippen molar-refractivity contribution in [3.8, 4) is 0 Å². The molecule has 0 aliphatic carbocycles. The highest BCUT2D eigenvalue weighted by Gasteiger charge is 2.27. The molecule has 0 spiro atoms. The van der Waals surface area contributed by atoms with Crippen LogP contribution in [0, 0.1) is 13.8 Å². The Bertz CT molecular complexity index is 811. The molecule has 0 fully saturated rings. The van der Waals surface area contributed by atoms with Crippen molar-refractivity contribution in [1.82, 2.24) is 5.32 Å². The largest absolute Gasteiger partial charge is 0.475 e. The maximum Gasteiger partial charge on any atom is 0.475 e. The number of nitrogens with one attached hydrogen (secondary N) is 1. The molecule has 6 nitrogen and oxygen atoms in total. The van der Waals surface area contributed by atoms with E-state index in [0.717, 1.165) is 16.7 Å². The number of hydrogen-bond acceptors (Lipinski definition) is 4. The van der Waals surface area contributed by atoms with E-state index in [1.165, 1.54) is 4.90 Å². The molecule has 2 aromatic rings. The fourth-order valence-electron chi connectivity index (χ4n) is 3.06. The van der Waals surface area contributed by atoms with Gasteiger partial charge < -0.3 is 20.3 Å². The third-order valence-electron chi connectivity index (χ3n) is 4.62. The van der Waals surface area contributed by atoms with Crippen LogP contribution in [0.25, 0.3) is 0 Å². The van der Waals surface area contributed by atoms with E-state index >= 15 is 0 Å². The van der Waals surface area contributed by atoms with Gasteiger partial charge in [0.1, 0.15) is 6.54 Å². The molecule has 2 aromatic carbocycles. The van der Waals surface area contributed by atoms with Gasteiger partial charge in [-0.2, -0.15) is 0 Å². The van der Waals surface area contributed by atoms with E-state index in [1.807, 2.05) is 38.1 Å². The van der Waals surface area contributed by atoms with Gasteiger partial charge in [0, 0.05) is 12.1 Å². The Morgan fingerprint density at radius 3 is 2.36 bits per heavy atom. The number of amides is 2. The van der Waals surface area contributed by atoms with E-state index in [-0.39, 0.29) is 25.3 Å². The molecule has 0 saturated carbocycles. The molecule has 3 N–H and O–H groups in total. The standard InChI is InChI=1S/C21H27BN2O4/c1-4-21(26)24(18-8-6-5-7-9-18)14-20(25)23-19(22(27)28)13-17-11-10-15(2)12-16(17)3/h5-12,19,27-28H,4,13-14H2,1-3H3,(H,23,25). The molecule has 0 aromatic heterocycles. The Hall–Kier alpha value is -2.64. The number of nitrogens with zero attached hydrogens (tertiary/aromatic N) is 1. The SMILES string of the molecule is CCC(=O)N(CC(=O)NC(Cc1ccc(C)cc1C)B(O)O)c1ccccc1. The topological polar surface area (TPSA) is 89.9 Å². The van der Waals surface area contributed by atoms with E-state index in [0.29, 0.717) is 5.69 Å². The molecule has 148 valence electrons. The summed E-state index contributed by atoms with van der Waals surface area (Å²) in [4.78, 5) is 26.2. The van der Waals surface area contributed by atoms with Gasteiger partial charge in [0.05, 0.1) is 5.94 Å². The average Bonchev–Trinajstić information content (AvgIpc) is 2.67. The maximum absolute atomic E-state index is 12.6. The van der Waals surface area contributed by atoms with Gasteiger partial charge in [-0.1, -0.05) is 48.9 Å². The van der Waals surface area contributed by atoms with Crippen molar-refractivity contribution in [2.45, 2.75) is 39.6 Å². The first-order valence-electron chi connectivity index (χ1n) is 9.38. The second-order valence-electron chi connectivity index (χ2n) is 6.89. The molecule has 7 heteroatoms. The Morgan fingerprint density at radius 1 is 1.11 bits per heavy atom. The molecule has 0 aliphatic rings. The third kappa shape index (κ3) is 5.94. The molecule has 0 heterocycles. The van der Waals surface area contributed by atoms with Crippen LogP contribution in [0.5, 0.6) is 0 Å². The number of carbonyl (C=O) groups is 2. The summed E-state index contributed by atoms with van der Waals surface area (Å²) in [7, 11) is -1.71. The second-order valence-corrected chi connectivity index (χ2v) is 6.89. The molecule has 0 bridgehead atoms. The third-order valence-corrected chi connectivity index (χ3v) is 4.62. The Kier molecular flexibility index (Phi) is 7.78. The Balaban J connectivity index is 2.11. The van der Waals surface area contributed by atoms with Gasteiger partial charge in [-0.3, -0.25) is 9.59 Å². The van der Waals surface area contributed by atoms with Crippen LogP contribution in [-0.4, -0.2) is 41.5 Å². The highest BCUT2D eigenvalue weighted by molar-refractivity contribution is 6.43. The number of benzene rings is 2. The lowest BCUT2D eigenvalue weighted by atomic mass is 9.75. The minimum absolute atomic E-state index is 0.183. The van der Waals surface area contributed by atoms with Crippen molar-refractivity contribution in [2.75, 3.05) is 11.4 Å². The van der Waals surface area contributed by atoms with Crippen LogP contribution in [0.4, 0.5) is 5.69 Å². The maximum atomic E-state index is 12.6. The number of carbonyl (C=O) groups excluding carboxylic acids is 2. The molecular weight excluding hydrogens is 355 g/mol. The summed E-state index contributed by atoms with van der Waals surface area (Å²) < 4.78 is 0. The number of para-hydroxylation sites is 1. The first-order chi connectivity index (χ1) is 13.3. The van der Waals surface area contributed by atoms with Crippen LogP contribution in [0.15, 0.2) is 48.5 Å². The van der Waals surface area contributed by atoms with Gasteiger partial charge in [-0.25, -0.2) is 0 Å². The van der Waals surface area contributed by atoms with E-state index < -0.39 is 19.0 Å². The van der Waals surface area contributed by atoms with E-state index in [2.05, 4.69) is 5.32 Å². The minimum Gasteiger partial charge on any atom is -0.426 e. The van der Waals surface area contributed by atoms with Gasteiger partial charge in [0.2, 0.25) is 11.8 Å². The van der Waals surface area contributed by atoms with Crippen LogP contribution >= 0.6 is 0 Å². The molecule has 2 amide bonds. The lowest BCUT2D eigenvalue weighted by Gasteiger charge is -2.24. The summed E-state index contributed by atoms with van der Waals surface area (Å²) in [6, 6.07) is 14.8. The predicted molar refractivity (Wildman–Crippen MR) is 111 cm³/mol. The van der Waals surface area contributed by atoms with E-state index in [9.17, 15) is 19.6 Å². The fourth-order valence-corrected chi connectivity index (χ4v) is 3.06. The number of hydrogen-bond donors (Lipinski definition) is 3. The lowest BCUT2D eigenvalue weighted by molar-refractivity contribution is -0.124. The zero-order valence-corrected chi connectivity index (χ0v) is 16.6. The first kappa shape index (κ1) is 21.7. The highest BCUT2D eigenvalue weighted by Crippen LogP contribution is 2.15. The molecule has 0 radical (unpaired) electrons. The highest BCUT2D eigenvalue weighted by atomic mass is 16.4. The van der Waals surface area contributed by atoms with Gasteiger partial charge >= 0.3 is 7.12 Å². The van der Waals surface area contributed by atoms with Gasteiger partial charge in [0.25, 0.3) is 0 Å². The van der Waals surface area contributed by atoms with Crippen LogP contribution in [0.1, 0.15) is 30.0 Å². The van der Waals surface area contributed by atoms with Crippen LogP contribution in [0.2, 0.25) is 0 Å². The van der Waals surface area contributed by atoms with Crippen molar-refractivity contribution in [1.29, 1.82) is 0 Å². The van der Waals surface area contributed by atoms with Crippen molar-refractivity contribution in [3.63, 3.8) is 0 Å². The van der Waals surface area contributed by atoms with E-state index in [4.69, 9.17) is 0 Å². The summed E-state index contributed by atoms with van der Waals surface area (Å²) in [6.45, 7) is 5.48. The number of rotatable bonds is 8. The van der Waals surface area contributed by atoms with Gasteiger partial charge in [-0.15, -0.1) is 0 Å². The number of anilines is 1. The predicted octanol–water partition coefficient (Wildman–Crippen LogP) is 1.79. The summed E-state index contributed by atoms with van der Waals surface area (Å²) in [6.07, 6.45) is 0.541. The van der Waals surface area contributed by atoms with E-state index in [1.54, 1.807) is 31.2 Å². The van der Waals surface area contributed by atoms with Crippen molar-refractivity contribution in [2.24, 2.45) is 0 Å². The summed E-state index contributed by atoms with van der Waals surface area (Å²) in [5, 5.41) is 22.1. The summed E-state index contributed by atoms with van der Waals surface area (Å²) >= 11 is 0. The summed E-state index contributed by atoms with van der Waals surface area (Å²) in [5.41, 5.74) is 3.68. The molecule has 28 heavy (non-hydrogen) atoms. The first-order valence-corrected chi connectivity index (χ1v) is 9.38. The zero-order valence-electron chi connectivity index (χ0n) is 16.6. The monoisotopic (exact) mass is 382 g/mol. The smallest absolute Gasteiger partial charge is 0.426 e. The zero-order chi connectivity index (χ0) is 20.7. The molecule has 0 aliphatic heterocycles. The van der Waals surface area contributed by atoms with Crippen LogP contribution in [0.3, 0.4) is 0 Å². The van der Waals surface area contributed by atoms with Crippen LogP contribution in [-0.2, 0) is 16.0 Å². The van der Waals surface area contributed by atoms with Gasteiger partial charge in [0.15, 0.2) is 0 Å². The molecule has 2 rings (SSSR count). The second kappa shape index (κ2) is 10.1. The Labute approximate surface area is 166 Å². The molecule has 1 unspecified atom stereocenters. The van der Waals surface area contributed by atoms with Crippen molar-refractivity contribution < 1.29 is 19.6 Å². The normalized spacial score (nSPS) is 11.6. The molecule has 1 atom stereocenters. The average molecular weight is 382 g/mol. The fraction of sp³-hybridized carbons (Fsp3) is 0.333. The van der Waals surface area contributed by atoms with Crippen molar-refractivity contribution in [3.05, 3.63) is 65.2 Å². The molecule has 0 saturated heterocycles. The summed E-state index contributed by atoms with van der Waals surface area (Å²) in [5.74, 6) is -1.51.